The summed E-state index contributed by atoms with van der Waals surface area (Å²) < 4.78 is 0. The Morgan fingerprint density at radius 3 is 2.63 bits per heavy atom. The van der Waals surface area contributed by atoms with Gasteiger partial charge in [-0.3, -0.25) is 0 Å². The molecule has 0 aliphatic heterocycles. The van der Waals surface area contributed by atoms with Crippen LogP contribution in [0.25, 0.3) is 10.8 Å². The first-order chi connectivity index (χ1) is 9.22. The van der Waals surface area contributed by atoms with Gasteiger partial charge in [-0.15, -0.1) is 0 Å². The van der Waals surface area contributed by atoms with Crippen molar-refractivity contribution in [3.63, 3.8) is 0 Å². The Hall–Kier alpha value is -0.860. The van der Waals surface area contributed by atoms with Gasteiger partial charge in [0.05, 0.1) is 0 Å². The minimum absolute atomic E-state index is 0.767. The normalized spacial score (nSPS) is 22.7. The fourth-order valence-corrected chi connectivity index (χ4v) is 4.09. The Morgan fingerprint density at radius 2 is 1.84 bits per heavy atom. The van der Waals surface area contributed by atoms with Crippen LogP contribution >= 0.6 is 15.9 Å². The van der Waals surface area contributed by atoms with E-state index in [-0.39, 0.29) is 0 Å². The standard InChI is InChI=1S/C17H20BrN/c1-19(11-13-9-16(18)10-13)12-15-7-4-6-14-5-2-3-8-17(14)15/h2-8,13,16H,9-12H2,1H3. The average Bonchev–Trinajstić information content (AvgIpc) is 2.37. The van der Waals surface area contributed by atoms with Crippen molar-refractivity contribution in [2.75, 3.05) is 13.6 Å². The zero-order valence-electron chi connectivity index (χ0n) is 11.3. The maximum Gasteiger partial charge on any atom is 0.0236 e. The van der Waals surface area contributed by atoms with Crippen molar-refractivity contribution in [3.05, 3.63) is 48.0 Å². The monoisotopic (exact) mass is 317 g/mol. The molecule has 3 rings (SSSR count). The third-order valence-corrected chi connectivity index (χ3v) is 4.82. The lowest BCUT2D eigenvalue weighted by molar-refractivity contribution is 0.208. The molecule has 2 heteroatoms. The molecule has 0 atom stereocenters. The van der Waals surface area contributed by atoms with E-state index in [0.29, 0.717) is 0 Å². The molecule has 0 spiro atoms. The van der Waals surface area contributed by atoms with E-state index >= 15 is 0 Å². The minimum Gasteiger partial charge on any atom is -0.302 e. The molecule has 19 heavy (non-hydrogen) atoms. The van der Waals surface area contributed by atoms with Crippen LogP contribution in [0.15, 0.2) is 42.5 Å². The Kier molecular flexibility index (Phi) is 3.90. The third-order valence-electron chi connectivity index (χ3n) is 4.07. The van der Waals surface area contributed by atoms with E-state index in [1.807, 2.05) is 0 Å². The van der Waals surface area contributed by atoms with Crippen molar-refractivity contribution in [1.29, 1.82) is 0 Å². The minimum atomic E-state index is 0.767. The van der Waals surface area contributed by atoms with E-state index in [1.54, 1.807) is 0 Å². The van der Waals surface area contributed by atoms with Crippen molar-refractivity contribution in [2.45, 2.75) is 24.2 Å². The van der Waals surface area contributed by atoms with Crippen molar-refractivity contribution in [1.82, 2.24) is 4.90 Å². The van der Waals surface area contributed by atoms with Crippen LogP contribution in [0.3, 0.4) is 0 Å². The van der Waals surface area contributed by atoms with Crippen LogP contribution in [-0.2, 0) is 6.54 Å². The predicted octanol–water partition coefficient (Wildman–Crippen LogP) is 4.45. The second-order valence-corrected chi connectivity index (χ2v) is 7.06. The van der Waals surface area contributed by atoms with E-state index in [0.717, 1.165) is 17.3 Å². The lowest BCUT2D eigenvalue weighted by Gasteiger charge is -2.34. The molecule has 1 aliphatic carbocycles. The maximum absolute atomic E-state index is 3.67. The summed E-state index contributed by atoms with van der Waals surface area (Å²) in [6, 6.07) is 15.3. The Labute approximate surface area is 123 Å². The van der Waals surface area contributed by atoms with Gasteiger partial charge in [-0.1, -0.05) is 58.4 Å². The fourth-order valence-electron chi connectivity index (χ4n) is 3.03. The summed E-state index contributed by atoms with van der Waals surface area (Å²) in [7, 11) is 2.24. The van der Waals surface area contributed by atoms with Gasteiger partial charge in [-0.25, -0.2) is 0 Å². The lowest BCUT2D eigenvalue weighted by atomic mass is 9.85. The quantitative estimate of drug-likeness (QED) is 0.753. The Morgan fingerprint density at radius 1 is 1.11 bits per heavy atom. The highest BCUT2D eigenvalue weighted by atomic mass is 79.9. The van der Waals surface area contributed by atoms with Crippen LogP contribution in [0.5, 0.6) is 0 Å². The number of benzene rings is 2. The van der Waals surface area contributed by atoms with Gasteiger partial charge in [0.1, 0.15) is 0 Å². The van der Waals surface area contributed by atoms with Crippen LogP contribution < -0.4 is 0 Å². The second kappa shape index (κ2) is 5.64. The zero-order valence-corrected chi connectivity index (χ0v) is 12.9. The molecule has 2 aromatic rings. The van der Waals surface area contributed by atoms with Gasteiger partial charge >= 0.3 is 0 Å². The van der Waals surface area contributed by atoms with Gasteiger partial charge in [0.15, 0.2) is 0 Å². The topological polar surface area (TPSA) is 3.24 Å². The Balaban J connectivity index is 1.70. The summed E-state index contributed by atoms with van der Waals surface area (Å²) in [5.74, 6) is 0.879. The van der Waals surface area contributed by atoms with Crippen molar-refractivity contribution < 1.29 is 0 Å². The van der Waals surface area contributed by atoms with Crippen molar-refractivity contribution >= 4 is 26.7 Å². The fraction of sp³-hybridized carbons (Fsp3) is 0.412. The highest BCUT2D eigenvalue weighted by Gasteiger charge is 2.27. The molecule has 100 valence electrons. The zero-order chi connectivity index (χ0) is 13.2. The van der Waals surface area contributed by atoms with Crippen LogP contribution in [0.1, 0.15) is 18.4 Å². The maximum atomic E-state index is 3.67. The summed E-state index contributed by atoms with van der Waals surface area (Å²) in [4.78, 5) is 3.23. The first kappa shape index (κ1) is 13.1. The number of alkyl halides is 1. The van der Waals surface area contributed by atoms with E-state index in [2.05, 4.69) is 70.3 Å². The van der Waals surface area contributed by atoms with E-state index in [9.17, 15) is 0 Å². The molecule has 0 saturated heterocycles. The lowest BCUT2D eigenvalue weighted by Crippen LogP contribution is -2.34. The molecule has 1 nitrogen and oxygen atoms in total. The Bertz CT molecular complexity index is 555. The summed E-state index contributed by atoms with van der Waals surface area (Å²) in [6.07, 6.45) is 2.67. The van der Waals surface area contributed by atoms with Crippen LogP contribution in [-0.4, -0.2) is 23.3 Å². The highest BCUT2D eigenvalue weighted by molar-refractivity contribution is 9.09. The summed E-state index contributed by atoms with van der Waals surface area (Å²) in [5.41, 5.74) is 1.44. The molecule has 0 bridgehead atoms. The molecule has 0 radical (unpaired) electrons. The summed E-state index contributed by atoms with van der Waals surface area (Å²) in [5, 5.41) is 2.74. The highest BCUT2D eigenvalue weighted by Crippen LogP contribution is 2.33. The first-order valence-electron chi connectivity index (χ1n) is 7.01. The van der Waals surface area contributed by atoms with E-state index < -0.39 is 0 Å². The molecule has 2 aromatic carbocycles. The number of hydrogen-bond acceptors (Lipinski definition) is 1. The van der Waals surface area contributed by atoms with Crippen molar-refractivity contribution in [2.24, 2.45) is 5.92 Å². The van der Waals surface area contributed by atoms with Crippen LogP contribution in [0.2, 0.25) is 0 Å². The van der Waals surface area contributed by atoms with E-state index in [1.165, 1.54) is 35.7 Å². The molecule has 0 unspecified atom stereocenters. The van der Waals surface area contributed by atoms with Crippen LogP contribution in [0, 0.1) is 5.92 Å². The second-order valence-electron chi connectivity index (χ2n) is 5.77. The SMILES string of the molecule is CN(Cc1cccc2ccccc12)CC1CC(Br)C1. The van der Waals surface area contributed by atoms with Gasteiger partial charge in [0, 0.05) is 17.9 Å². The molecule has 0 N–H and O–H groups in total. The van der Waals surface area contributed by atoms with Gasteiger partial charge in [-0.2, -0.15) is 0 Å². The first-order valence-corrected chi connectivity index (χ1v) is 7.93. The van der Waals surface area contributed by atoms with Crippen molar-refractivity contribution in [3.8, 4) is 0 Å². The molecule has 1 saturated carbocycles. The summed E-state index contributed by atoms with van der Waals surface area (Å²) in [6.45, 7) is 2.26. The molecular formula is C17H20BrN. The number of nitrogens with zero attached hydrogens (tertiary/aromatic N) is 1. The number of hydrogen-bond donors (Lipinski definition) is 0. The number of fused-ring (bicyclic) bond motifs is 1. The average molecular weight is 318 g/mol. The molecule has 0 heterocycles. The largest absolute Gasteiger partial charge is 0.302 e. The molecule has 1 aliphatic rings. The van der Waals surface area contributed by atoms with E-state index in [4.69, 9.17) is 0 Å². The van der Waals surface area contributed by atoms with Crippen LogP contribution in [0.4, 0.5) is 0 Å². The van der Waals surface area contributed by atoms with Gasteiger partial charge in [0.2, 0.25) is 0 Å². The number of rotatable bonds is 4. The van der Waals surface area contributed by atoms with Gasteiger partial charge in [0.25, 0.3) is 0 Å². The molecule has 1 fully saturated rings. The third kappa shape index (κ3) is 3.01. The predicted molar refractivity (Wildman–Crippen MR) is 85.7 cm³/mol. The van der Waals surface area contributed by atoms with Gasteiger partial charge in [-0.05, 0) is 42.1 Å². The number of halogens is 1. The molecule has 0 amide bonds. The molecule has 0 aromatic heterocycles. The summed E-state index contributed by atoms with van der Waals surface area (Å²) >= 11 is 3.67. The molecular weight excluding hydrogens is 298 g/mol. The van der Waals surface area contributed by atoms with Gasteiger partial charge < -0.3 is 4.90 Å². The smallest absolute Gasteiger partial charge is 0.0236 e.